The number of aromatic carboxylic acids is 1. The zero-order valence-corrected chi connectivity index (χ0v) is 12.2. The minimum absolute atomic E-state index is 0.0669. The number of rotatable bonds is 5. The van der Waals surface area contributed by atoms with Gasteiger partial charge in [0.15, 0.2) is 5.75 Å². The summed E-state index contributed by atoms with van der Waals surface area (Å²) >= 11 is 3.35. The molecule has 0 aromatic heterocycles. The van der Waals surface area contributed by atoms with Crippen molar-refractivity contribution < 1.29 is 19.6 Å². The molecule has 0 saturated carbocycles. The van der Waals surface area contributed by atoms with Crippen LogP contribution in [0.4, 0.5) is 5.69 Å². The van der Waals surface area contributed by atoms with Gasteiger partial charge in [0.1, 0.15) is 6.61 Å². The van der Waals surface area contributed by atoms with Crippen LogP contribution in [0.25, 0.3) is 0 Å². The quantitative estimate of drug-likeness (QED) is 0.656. The summed E-state index contributed by atoms with van der Waals surface area (Å²) in [6.45, 7) is 0.0886. The molecule has 0 atom stereocenters. The van der Waals surface area contributed by atoms with Gasteiger partial charge in [-0.3, -0.25) is 10.1 Å². The average molecular weight is 352 g/mol. The molecule has 0 fully saturated rings. The number of hydrogen-bond donors (Lipinski definition) is 1. The van der Waals surface area contributed by atoms with E-state index in [1.807, 2.05) is 18.2 Å². The number of carboxylic acids is 1. The Balaban J connectivity index is 2.29. The molecule has 0 aliphatic rings. The highest BCUT2D eigenvalue weighted by Crippen LogP contribution is 2.29. The van der Waals surface area contributed by atoms with Crippen molar-refractivity contribution >= 4 is 27.6 Å². The third-order valence-corrected chi connectivity index (χ3v) is 3.52. The van der Waals surface area contributed by atoms with Crippen molar-refractivity contribution in [1.29, 1.82) is 0 Å². The van der Waals surface area contributed by atoms with Crippen LogP contribution in [0.3, 0.4) is 0 Å². The van der Waals surface area contributed by atoms with Crippen LogP contribution in [0.2, 0.25) is 0 Å². The van der Waals surface area contributed by atoms with Crippen LogP contribution < -0.4 is 4.74 Å². The summed E-state index contributed by atoms with van der Waals surface area (Å²) in [5, 5.41) is 19.9. The molecule has 108 valence electrons. The molecule has 6 nitrogen and oxygen atoms in total. The lowest BCUT2D eigenvalue weighted by Gasteiger charge is -2.09. The van der Waals surface area contributed by atoms with Crippen molar-refractivity contribution in [2.75, 3.05) is 0 Å². The van der Waals surface area contributed by atoms with E-state index in [9.17, 15) is 14.9 Å². The minimum atomic E-state index is -1.17. The van der Waals surface area contributed by atoms with Crippen LogP contribution in [0.5, 0.6) is 5.75 Å². The van der Waals surface area contributed by atoms with Gasteiger partial charge < -0.3 is 9.84 Å². The van der Waals surface area contributed by atoms with Gasteiger partial charge in [0.05, 0.1) is 10.5 Å². The summed E-state index contributed by atoms with van der Waals surface area (Å²) in [6.07, 6.45) is 0. The smallest absolute Gasteiger partial charge is 0.335 e. The third-order valence-electron chi connectivity index (χ3n) is 2.74. The van der Waals surface area contributed by atoms with E-state index in [0.29, 0.717) is 0 Å². The molecule has 21 heavy (non-hydrogen) atoms. The maximum absolute atomic E-state index is 11.0. The molecular formula is C14H10BrNO5. The number of benzene rings is 2. The largest absolute Gasteiger partial charge is 0.482 e. The van der Waals surface area contributed by atoms with Gasteiger partial charge in [-0.1, -0.05) is 34.1 Å². The van der Waals surface area contributed by atoms with E-state index < -0.39 is 10.9 Å². The standard InChI is InChI=1S/C14H10BrNO5/c15-11-4-2-1-3-10(11)8-21-13-7-9(14(17)18)5-6-12(13)16(19)20/h1-7H,8H2,(H,17,18). The van der Waals surface area contributed by atoms with E-state index in [2.05, 4.69) is 15.9 Å². The molecule has 0 aliphatic heterocycles. The number of carboxylic acid groups (broad SMARTS) is 1. The van der Waals surface area contributed by atoms with Gasteiger partial charge in [-0.05, 0) is 12.1 Å². The Kier molecular flexibility index (Phi) is 4.54. The summed E-state index contributed by atoms with van der Waals surface area (Å²) in [6, 6.07) is 10.7. The van der Waals surface area contributed by atoms with Crippen molar-refractivity contribution in [1.82, 2.24) is 0 Å². The van der Waals surface area contributed by atoms with Crippen LogP contribution in [0, 0.1) is 10.1 Å². The number of hydrogen-bond acceptors (Lipinski definition) is 4. The van der Waals surface area contributed by atoms with E-state index in [4.69, 9.17) is 9.84 Å². The highest BCUT2D eigenvalue weighted by Gasteiger charge is 2.18. The fraction of sp³-hybridized carbons (Fsp3) is 0.0714. The molecule has 0 radical (unpaired) electrons. The summed E-state index contributed by atoms with van der Waals surface area (Å²) in [7, 11) is 0. The SMILES string of the molecule is O=C(O)c1ccc([N+](=O)[O-])c(OCc2ccccc2Br)c1. The average Bonchev–Trinajstić information content (AvgIpc) is 2.46. The van der Waals surface area contributed by atoms with Gasteiger partial charge >= 0.3 is 11.7 Å². The van der Waals surface area contributed by atoms with E-state index >= 15 is 0 Å². The Morgan fingerprint density at radius 3 is 2.62 bits per heavy atom. The van der Waals surface area contributed by atoms with Crippen molar-refractivity contribution in [2.45, 2.75) is 6.61 Å². The lowest BCUT2D eigenvalue weighted by atomic mass is 10.2. The van der Waals surface area contributed by atoms with Gasteiger partial charge in [0.2, 0.25) is 0 Å². The first-order chi connectivity index (χ1) is 9.99. The molecule has 2 aromatic carbocycles. The minimum Gasteiger partial charge on any atom is -0.482 e. The van der Waals surface area contributed by atoms with Gasteiger partial charge in [-0.2, -0.15) is 0 Å². The van der Waals surface area contributed by atoms with Crippen molar-refractivity contribution in [3.63, 3.8) is 0 Å². The van der Waals surface area contributed by atoms with Crippen LogP contribution in [0.15, 0.2) is 46.9 Å². The molecular weight excluding hydrogens is 342 g/mol. The molecule has 0 aliphatic carbocycles. The molecule has 0 heterocycles. The highest BCUT2D eigenvalue weighted by molar-refractivity contribution is 9.10. The maximum atomic E-state index is 11.0. The number of carbonyl (C=O) groups is 1. The van der Waals surface area contributed by atoms with E-state index in [1.54, 1.807) is 6.07 Å². The monoisotopic (exact) mass is 351 g/mol. The Hall–Kier alpha value is -2.41. The summed E-state index contributed by atoms with van der Waals surface area (Å²) in [5.74, 6) is -1.24. The van der Waals surface area contributed by atoms with Crippen LogP contribution in [-0.4, -0.2) is 16.0 Å². The Labute approximate surface area is 128 Å². The van der Waals surface area contributed by atoms with Crippen molar-refractivity contribution in [2.24, 2.45) is 0 Å². The zero-order chi connectivity index (χ0) is 15.4. The van der Waals surface area contributed by atoms with Gasteiger partial charge in [-0.25, -0.2) is 4.79 Å². The zero-order valence-electron chi connectivity index (χ0n) is 10.7. The van der Waals surface area contributed by atoms with Crippen LogP contribution in [0.1, 0.15) is 15.9 Å². The van der Waals surface area contributed by atoms with E-state index in [1.165, 1.54) is 6.07 Å². The molecule has 0 bridgehead atoms. The lowest BCUT2D eigenvalue weighted by molar-refractivity contribution is -0.385. The second kappa shape index (κ2) is 6.36. The summed E-state index contributed by atoms with van der Waals surface area (Å²) in [4.78, 5) is 21.3. The van der Waals surface area contributed by atoms with Crippen LogP contribution in [-0.2, 0) is 6.61 Å². The first-order valence-electron chi connectivity index (χ1n) is 5.87. The third kappa shape index (κ3) is 3.57. The van der Waals surface area contributed by atoms with Crippen molar-refractivity contribution in [3.05, 3.63) is 68.2 Å². The normalized spacial score (nSPS) is 10.1. The Morgan fingerprint density at radius 2 is 2.00 bits per heavy atom. The molecule has 0 amide bonds. The molecule has 0 saturated heterocycles. The van der Waals surface area contributed by atoms with E-state index in [-0.39, 0.29) is 23.6 Å². The predicted octanol–water partition coefficient (Wildman–Crippen LogP) is 3.63. The summed E-state index contributed by atoms with van der Waals surface area (Å²) < 4.78 is 6.23. The topological polar surface area (TPSA) is 89.7 Å². The molecule has 0 spiro atoms. The summed E-state index contributed by atoms with van der Waals surface area (Å²) in [5.41, 5.74) is 0.460. The van der Waals surface area contributed by atoms with Crippen molar-refractivity contribution in [3.8, 4) is 5.75 Å². The first-order valence-corrected chi connectivity index (χ1v) is 6.66. The van der Waals surface area contributed by atoms with Crippen LogP contribution >= 0.6 is 15.9 Å². The molecule has 0 unspecified atom stereocenters. The number of nitro benzene ring substituents is 1. The van der Waals surface area contributed by atoms with E-state index in [0.717, 1.165) is 22.2 Å². The second-order valence-corrected chi connectivity index (χ2v) is 4.98. The fourth-order valence-corrected chi connectivity index (χ4v) is 2.08. The Morgan fingerprint density at radius 1 is 1.29 bits per heavy atom. The van der Waals surface area contributed by atoms with Gasteiger partial charge in [0, 0.05) is 22.2 Å². The fourth-order valence-electron chi connectivity index (χ4n) is 1.68. The molecule has 2 rings (SSSR count). The molecule has 1 N–H and O–H groups in total. The lowest BCUT2D eigenvalue weighted by Crippen LogP contribution is -2.03. The Bertz CT molecular complexity index is 702. The predicted molar refractivity (Wildman–Crippen MR) is 78.5 cm³/mol. The number of nitro groups is 1. The van der Waals surface area contributed by atoms with Gasteiger partial charge in [-0.15, -0.1) is 0 Å². The second-order valence-electron chi connectivity index (χ2n) is 4.12. The number of halogens is 1. The number of nitrogens with zero attached hydrogens (tertiary/aromatic N) is 1. The maximum Gasteiger partial charge on any atom is 0.335 e. The highest BCUT2D eigenvalue weighted by atomic mass is 79.9. The molecule has 7 heteroatoms. The molecule has 2 aromatic rings. The van der Waals surface area contributed by atoms with Gasteiger partial charge in [0.25, 0.3) is 0 Å². The first kappa shape index (κ1) is 15.0. The number of ether oxygens (including phenoxy) is 1.